The first-order chi connectivity index (χ1) is 11.1. The minimum absolute atomic E-state index is 0.148. The summed E-state index contributed by atoms with van der Waals surface area (Å²) in [6, 6.07) is 6.40. The highest BCUT2D eigenvalue weighted by atomic mass is 32.2. The van der Waals surface area contributed by atoms with E-state index in [0.29, 0.717) is 6.54 Å². The van der Waals surface area contributed by atoms with Crippen LogP contribution in [0.3, 0.4) is 0 Å². The number of hydrogen-bond donors (Lipinski definition) is 2. The van der Waals surface area contributed by atoms with Gasteiger partial charge in [-0.05, 0) is 43.2 Å². The smallest absolute Gasteiger partial charge is 0.191 e. The minimum atomic E-state index is -0.239. The molecule has 4 nitrogen and oxygen atoms in total. The lowest BCUT2D eigenvalue weighted by Crippen LogP contribution is -2.44. The molecule has 0 aromatic heterocycles. The van der Waals surface area contributed by atoms with Crippen LogP contribution in [0.4, 0.5) is 4.39 Å². The number of ether oxygens (including phenoxy) is 1. The van der Waals surface area contributed by atoms with Gasteiger partial charge in [0.1, 0.15) is 5.82 Å². The molecular formula is C17H26FN3OS. The topological polar surface area (TPSA) is 45.7 Å². The Bertz CT molecular complexity index is 515. The van der Waals surface area contributed by atoms with Crippen LogP contribution in [0.5, 0.6) is 0 Å². The zero-order chi connectivity index (χ0) is 16.7. The molecule has 0 saturated carbocycles. The molecule has 1 aliphatic heterocycles. The van der Waals surface area contributed by atoms with E-state index < -0.39 is 0 Å². The van der Waals surface area contributed by atoms with Crippen LogP contribution in [0.1, 0.15) is 31.4 Å². The number of methoxy groups -OCH3 is 1. The van der Waals surface area contributed by atoms with Gasteiger partial charge in [0.25, 0.3) is 0 Å². The summed E-state index contributed by atoms with van der Waals surface area (Å²) in [5.41, 5.74) is 0.940. The quantitative estimate of drug-likeness (QED) is 0.618. The molecule has 128 valence electrons. The number of rotatable bonds is 6. The lowest BCUT2D eigenvalue weighted by Gasteiger charge is -2.25. The number of thioether (sulfide) groups is 1. The van der Waals surface area contributed by atoms with Gasteiger partial charge in [0.05, 0.1) is 6.10 Å². The Kier molecular flexibility index (Phi) is 6.72. The standard InChI is InChI=1S/C17H26FN3OS/c1-17(9-4-10-23-17)12-21-16(19-2)20-11-15(22-3)13-5-7-14(18)8-6-13/h5-8,15H,4,9-12H2,1-3H3,(H2,19,20,21). The predicted octanol–water partition coefficient (Wildman–Crippen LogP) is 2.96. The van der Waals surface area contributed by atoms with E-state index in [9.17, 15) is 4.39 Å². The average Bonchev–Trinajstić information content (AvgIpc) is 2.99. The Morgan fingerprint density at radius 3 is 2.70 bits per heavy atom. The summed E-state index contributed by atoms with van der Waals surface area (Å²) >= 11 is 2.02. The van der Waals surface area contributed by atoms with Gasteiger partial charge in [-0.3, -0.25) is 4.99 Å². The normalized spacial score (nSPS) is 22.9. The maximum absolute atomic E-state index is 13.0. The van der Waals surface area contributed by atoms with E-state index in [1.807, 2.05) is 11.8 Å². The zero-order valence-electron chi connectivity index (χ0n) is 14.1. The molecule has 2 N–H and O–H groups in total. The van der Waals surface area contributed by atoms with Crippen molar-refractivity contribution in [2.24, 2.45) is 4.99 Å². The van der Waals surface area contributed by atoms with Crippen molar-refractivity contribution >= 4 is 17.7 Å². The molecule has 0 bridgehead atoms. The third kappa shape index (κ3) is 5.39. The number of guanidine groups is 1. The van der Waals surface area contributed by atoms with Gasteiger partial charge >= 0.3 is 0 Å². The third-order valence-electron chi connectivity index (χ3n) is 4.14. The molecular weight excluding hydrogens is 313 g/mol. The number of aliphatic imine (C=N–C) groups is 1. The summed E-state index contributed by atoms with van der Waals surface area (Å²) in [5, 5.41) is 6.68. The van der Waals surface area contributed by atoms with E-state index in [4.69, 9.17) is 4.74 Å². The van der Waals surface area contributed by atoms with Crippen LogP contribution in [0.25, 0.3) is 0 Å². The van der Waals surface area contributed by atoms with Gasteiger partial charge in [-0.25, -0.2) is 4.39 Å². The van der Waals surface area contributed by atoms with Crippen molar-refractivity contribution in [2.75, 3.05) is 33.0 Å². The first kappa shape index (κ1) is 18.1. The summed E-state index contributed by atoms with van der Waals surface area (Å²) in [5.74, 6) is 1.76. The van der Waals surface area contributed by atoms with Gasteiger partial charge in [-0.2, -0.15) is 11.8 Å². The number of hydrogen-bond acceptors (Lipinski definition) is 3. The van der Waals surface area contributed by atoms with Crippen molar-refractivity contribution in [2.45, 2.75) is 30.6 Å². The van der Waals surface area contributed by atoms with Crippen molar-refractivity contribution in [1.29, 1.82) is 0 Å². The Labute approximate surface area is 142 Å². The fourth-order valence-corrected chi connectivity index (χ4v) is 3.92. The first-order valence-corrected chi connectivity index (χ1v) is 8.91. The van der Waals surface area contributed by atoms with Crippen molar-refractivity contribution < 1.29 is 9.13 Å². The highest BCUT2D eigenvalue weighted by Crippen LogP contribution is 2.36. The maximum Gasteiger partial charge on any atom is 0.191 e. The zero-order valence-corrected chi connectivity index (χ0v) is 14.9. The molecule has 1 aromatic rings. The fourth-order valence-electron chi connectivity index (χ4n) is 2.67. The Balaban J connectivity index is 1.84. The molecule has 1 fully saturated rings. The second kappa shape index (κ2) is 8.55. The third-order valence-corrected chi connectivity index (χ3v) is 5.67. The molecule has 1 heterocycles. The molecule has 2 atom stereocenters. The summed E-state index contributed by atoms with van der Waals surface area (Å²) in [7, 11) is 3.42. The van der Waals surface area contributed by atoms with Crippen molar-refractivity contribution in [3.8, 4) is 0 Å². The predicted molar refractivity (Wildman–Crippen MR) is 95.6 cm³/mol. The lowest BCUT2D eigenvalue weighted by molar-refractivity contribution is 0.106. The second-order valence-corrected chi connectivity index (χ2v) is 7.67. The maximum atomic E-state index is 13.0. The summed E-state index contributed by atoms with van der Waals surface area (Å²) < 4.78 is 18.8. The lowest BCUT2D eigenvalue weighted by atomic mass is 10.1. The summed E-state index contributed by atoms with van der Waals surface area (Å²) in [4.78, 5) is 4.26. The van der Waals surface area contributed by atoms with Gasteiger partial charge in [-0.15, -0.1) is 0 Å². The van der Waals surface area contributed by atoms with E-state index in [-0.39, 0.29) is 16.7 Å². The van der Waals surface area contributed by atoms with Gasteiger partial charge in [0.2, 0.25) is 0 Å². The number of nitrogens with zero attached hydrogens (tertiary/aromatic N) is 1. The van der Waals surface area contributed by atoms with E-state index in [2.05, 4.69) is 22.5 Å². The van der Waals surface area contributed by atoms with Crippen LogP contribution in [0.15, 0.2) is 29.3 Å². The molecule has 6 heteroatoms. The van der Waals surface area contributed by atoms with E-state index >= 15 is 0 Å². The molecule has 0 amide bonds. The molecule has 0 spiro atoms. The molecule has 2 rings (SSSR count). The summed E-state index contributed by atoms with van der Waals surface area (Å²) in [6.07, 6.45) is 2.37. The molecule has 23 heavy (non-hydrogen) atoms. The number of benzene rings is 1. The number of halogens is 1. The van der Waals surface area contributed by atoms with Crippen LogP contribution < -0.4 is 10.6 Å². The highest BCUT2D eigenvalue weighted by Gasteiger charge is 2.29. The van der Waals surface area contributed by atoms with Crippen LogP contribution in [-0.4, -0.2) is 43.7 Å². The summed E-state index contributed by atoms with van der Waals surface area (Å²) in [6.45, 7) is 3.76. The minimum Gasteiger partial charge on any atom is -0.375 e. The number of nitrogens with one attached hydrogen (secondary N) is 2. The monoisotopic (exact) mass is 339 g/mol. The van der Waals surface area contributed by atoms with Crippen LogP contribution in [-0.2, 0) is 4.74 Å². The van der Waals surface area contributed by atoms with Gasteiger partial charge in [0.15, 0.2) is 5.96 Å². The Morgan fingerprint density at radius 2 is 2.13 bits per heavy atom. The van der Waals surface area contributed by atoms with Crippen molar-refractivity contribution in [1.82, 2.24) is 10.6 Å². The molecule has 0 radical (unpaired) electrons. The van der Waals surface area contributed by atoms with Crippen LogP contribution in [0.2, 0.25) is 0 Å². The molecule has 2 unspecified atom stereocenters. The van der Waals surface area contributed by atoms with Crippen molar-refractivity contribution in [3.63, 3.8) is 0 Å². The van der Waals surface area contributed by atoms with E-state index in [1.165, 1.54) is 30.7 Å². The highest BCUT2D eigenvalue weighted by molar-refractivity contribution is 8.00. The molecule has 0 aliphatic carbocycles. The first-order valence-electron chi connectivity index (χ1n) is 7.93. The van der Waals surface area contributed by atoms with Gasteiger partial charge < -0.3 is 15.4 Å². The largest absolute Gasteiger partial charge is 0.375 e. The van der Waals surface area contributed by atoms with Crippen LogP contribution >= 0.6 is 11.8 Å². The van der Waals surface area contributed by atoms with Gasteiger partial charge in [-0.1, -0.05) is 12.1 Å². The van der Waals surface area contributed by atoms with E-state index in [1.54, 1.807) is 26.3 Å². The Morgan fingerprint density at radius 1 is 1.39 bits per heavy atom. The average molecular weight is 339 g/mol. The molecule has 1 aromatic carbocycles. The van der Waals surface area contributed by atoms with E-state index in [0.717, 1.165) is 18.1 Å². The van der Waals surface area contributed by atoms with Crippen LogP contribution in [0, 0.1) is 5.82 Å². The molecule has 1 saturated heterocycles. The SMILES string of the molecule is CN=C(NCC(OC)c1ccc(F)cc1)NCC1(C)CCCS1. The Hall–Kier alpha value is -1.27. The second-order valence-electron chi connectivity index (χ2n) is 5.98. The molecule has 1 aliphatic rings. The van der Waals surface area contributed by atoms with Crippen molar-refractivity contribution in [3.05, 3.63) is 35.6 Å². The fraction of sp³-hybridized carbons (Fsp3) is 0.588. The van der Waals surface area contributed by atoms with Gasteiger partial charge in [0, 0.05) is 32.0 Å².